The molecule has 30 heavy (non-hydrogen) atoms. The Morgan fingerprint density at radius 3 is 1.70 bits per heavy atom. The number of benzene rings is 2. The van der Waals surface area contributed by atoms with E-state index in [4.69, 9.17) is 0 Å². The first-order valence-electron chi connectivity index (χ1n) is 10.8. The van der Waals surface area contributed by atoms with Gasteiger partial charge in [-0.25, -0.2) is 0 Å². The second kappa shape index (κ2) is 7.08. The lowest BCUT2D eigenvalue weighted by atomic mass is 9.55. The first kappa shape index (κ1) is 19.0. The van der Waals surface area contributed by atoms with Crippen LogP contribution in [-0.2, 0) is 14.4 Å². The van der Waals surface area contributed by atoms with Crippen molar-refractivity contribution in [3.8, 4) is 0 Å². The predicted octanol–water partition coefficient (Wildman–Crippen LogP) is 3.04. The smallest absolute Gasteiger partial charge is 0.234 e. The Morgan fingerprint density at radius 1 is 0.867 bits per heavy atom. The van der Waals surface area contributed by atoms with Gasteiger partial charge >= 0.3 is 0 Å². The van der Waals surface area contributed by atoms with Gasteiger partial charge < -0.3 is 5.32 Å². The number of carbonyl (C=O) groups excluding carboxylic acids is 3. The van der Waals surface area contributed by atoms with Gasteiger partial charge in [0.15, 0.2) is 0 Å². The van der Waals surface area contributed by atoms with Crippen molar-refractivity contribution >= 4 is 17.7 Å². The summed E-state index contributed by atoms with van der Waals surface area (Å²) in [7, 11) is 0. The van der Waals surface area contributed by atoms with E-state index in [-0.39, 0.29) is 54.4 Å². The third-order valence-electron chi connectivity index (χ3n) is 6.81. The molecule has 0 saturated carbocycles. The maximum Gasteiger partial charge on any atom is 0.234 e. The molecule has 3 amide bonds. The van der Waals surface area contributed by atoms with E-state index in [1.807, 2.05) is 38.1 Å². The first-order chi connectivity index (χ1) is 14.5. The summed E-state index contributed by atoms with van der Waals surface area (Å²) in [4.78, 5) is 40.3. The largest absolute Gasteiger partial charge is 0.356 e. The Bertz CT molecular complexity index is 929. The Labute approximate surface area is 176 Å². The van der Waals surface area contributed by atoms with Gasteiger partial charge in [-0.1, -0.05) is 62.4 Å². The van der Waals surface area contributed by atoms with Crippen LogP contribution in [0.25, 0.3) is 0 Å². The Morgan fingerprint density at radius 2 is 1.30 bits per heavy atom. The summed E-state index contributed by atoms with van der Waals surface area (Å²) < 4.78 is 0. The highest BCUT2D eigenvalue weighted by atomic mass is 16.2. The summed E-state index contributed by atoms with van der Waals surface area (Å²) >= 11 is 0. The normalized spacial score (nSPS) is 25.9. The molecule has 1 N–H and O–H groups in total. The van der Waals surface area contributed by atoms with Crippen molar-refractivity contribution in [2.75, 3.05) is 13.1 Å². The monoisotopic (exact) mass is 402 g/mol. The fourth-order valence-corrected chi connectivity index (χ4v) is 5.58. The molecule has 2 unspecified atom stereocenters. The van der Waals surface area contributed by atoms with Gasteiger partial charge in [0, 0.05) is 31.3 Å². The number of amides is 3. The van der Waals surface area contributed by atoms with E-state index in [2.05, 4.69) is 29.6 Å². The van der Waals surface area contributed by atoms with Crippen LogP contribution in [0.15, 0.2) is 48.5 Å². The summed E-state index contributed by atoms with van der Waals surface area (Å²) in [5.41, 5.74) is 4.67. The molecule has 154 valence electrons. The number of hydrogen-bond donors (Lipinski definition) is 1. The lowest BCUT2D eigenvalue weighted by Crippen LogP contribution is -2.41. The molecule has 2 bridgehead atoms. The van der Waals surface area contributed by atoms with E-state index in [9.17, 15) is 14.4 Å². The number of nitrogens with one attached hydrogen (secondary N) is 1. The lowest BCUT2D eigenvalue weighted by Gasteiger charge is -2.45. The molecule has 2 aromatic carbocycles. The van der Waals surface area contributed by atoms with Crippen molar-refractivity contribution < 1.29 is 14.4 Å². The van der Waals surface area contributed by atoms with Crippen LogP contribution >= 0.6 is 0 Å². The van der Waals surface area contributed by atoms with E-state index in [0.717, 1.165) is 0 Å². The molecule has 4 aliphatic rings. The highest BCUT2D eigenvalue weighted by Gasteiger charge is 2.61. The fraction of sp³-hybridized carbons (Fsp3) is 0.400. The average Bonchev–Trinajstić information content (AvgIpc) is 3.01. The van der Waals surface area contributed by atoms with E-state index in [1.54, 1.807) is 0 Å². The molecule has 2 atom stereocenters. The molecule has 1 aliphatic heterocycles. The van der Waals surface area contributed by atoms with Crippen LogP contribution in [0, 0.1) is 17.8 Å². The molecule has 1 fully saturated rings. The first-order valence-corrected chi connectivity index (χ1v) is 10.8. The van der Waals surface area contributed by atoms with Crippen molar-refractivity contribution in [2.24, 2.45) is 17.8 Å². The summed E-state index contributed by atoms with van der Waals surface area (Å²) in [6, 6.07) is 16.4. The van der Waals surface area contributed by atoms with Crippen molar-refractivity contribution in [1.29, 1.82) is 0 Å². The maximum atomic E-state index is 13.4. The van der Waals surface area contributed by atoms with Crippen LogP contribution in [0.4, 0.5) is 0 Å². The van der Waals surface area contributed by atoms with Gasteiger partial charge in [0.05, 0.1) is 11.8 Å². The van der Waals surface area contributed by atoms with Gasteiger partial charge in [0.2, 0.25) is 17.7 Å². The van der Waals surface area contributed by atoms with Crippen molar-refractivity contribution in [3.63, 3.8) is 0 Å². The highest BCUT2D eigenvalue weighted by molar-refractivity contribution is 6.07. The van der Waals surface area contributed by atoms with Crippen LogP contribution < -0.4 is 5.32 Å². The molecule has 6 rings (SSSR count). The molecular weight excluding hydrogens is 376 g/mol. The molecule has 0 aromatic heterocycles. The van der Waals surface area contributed by atoms with Crippen LogP contribution in [-0.4, -0.2) is 35.7 Å². The number of rotatable bonds is 5. The molecule has 1 saturated heterocycles. The second-order valence-electron chi connectivity index (χ2n) is 9.04. The molecule has 1 heterocycles. The summed E-state index contributed by atoms with van der Waals surface area (Å²) in [5, 5.41) is 2.87. The van der Waals surface area contributed by atoms with Crippen LogP contribution in [0.3, 0.4) is 0 Å². The Hall–Kier alpha value is -2.95. The molecule has 5 nitrogen and oxygen atoms in total. The quantitative estimate of drug-likeness (QED) is 0.782. The number of nitrogens with zero attached hydrogens (tertiary/aromatic N) is 1. The van der Waals surface area contributed by atoms with Gasteiger partial charge in [-0.05, 0) is 28.2 Å². The summed E-state index contributed by atoms with van der Waals surface area (Å²) in [5.74, 6) is -0.932. The molecular formula is C25H26N2O3. The van der Waals surface area contributed by atoms with E-state index in [1.165, 1.54) is 27.2 Å². The van der Waals surface area contributed by atoms with E-state index < -0.39 is 0 Å². The van der Waals surface area contributed by atoms with Crippen molar-refractivity contribution in [2.45, 2.75) is 32.1 Å². The Kier molecular flexibility index (Phi) is 4.49. The molecule has 3 aliphatic carbocycles. The number of imide groups is 1. The average molecular weight is 402 g/mol. The van der Waals surface area contributed by atoms with Crippen LogP contribution in [0.5, 0.6) is 0 Å². The zero-order valence-corrected chi connectivity index (χ0v) is 17.3. The van der Waals surface area contributed by atoms with Gasteiger partial charge in [0.25, 0.3) is 0 Å². The minimum absolute atomic E-state index is 0.0939. The summed E-state index contributed by atoms with van der Waals surface area (Å²) in [6.45, 7) is 4.81. The van der Waals surface area contributed by atoms with Gasteiger partial charge in [-0.2, -0.15) is 0 Å². The van der Waals surface area contributed by atoms with Crippen LogP contribution in [0.1, 0.15) is 54.4 Å². The second-order valence-corrected chi connectivity index (χ2v) is 9.04. The predicted molar refractivity (Wildman–Crippen MR) is 113 cm³/mol. The van der Waals surface area contributed by atoms with Gasteiger partial charge in [0.1, 0.15) is 0 Å². The zero-order chi connectivity index (χ0) is 21.0. The van der Waals surface area contributed by atoms with Gasteiger partial charge in [-0.3, -0.25) is 19.3 Å². The SMILES string of the molecule is CC(C)CNC(=O)CCN1C(=O)C2C3c4ccccc4C(c4ccccc43)C2C1=O. The Balaban J connectivity index is 1.46. The number of carbonyl (C=O) groups is 3. The van der Waals surface area contributed by atoms with Crippen molar-refractivity contribution in [1.82, 2.24) is 10.2 Å². The molecule has 0 spiro atoms. The van der Waals surface area contributed by atoms with Gasteiger partial charge in [-0.15, -0.1) is 0 Å². The molecule has 5 heteroatoms. The third kappa shape index (κ3) is 2.72. The van der Waals surface area contributed by atoms with Crippen LogP contribution in [0.2, 0.25) is 0 Å². The fourth-order valence-electron chi connectivity index (χ4n) is 5.58. The van der Waals surface area contributed by atoms with Crippen molar-refractivity contribution in [3.05, 3.63) is 70.8 Å². The number of likely N-dealkylation sites (tertiary alicyclic amines) is 1. The minimum Gasteiger partial charge on any atom is -0.356 e. The standard InChI is InChI=1S/C25H26N2O3/c1-14(2)13-26-19(28)11-12-27-24(29)22-20-15-7-3-4-8-16(15)21(23(22)25(27)30)18-10-6-5-9-17(18)20/h3-10,14,20-23H,11-13H2,1-2H3,(H,26,28). The minimum atomic E-state index is -0.369. The zero-order valence-electron chi connectivity index (χ0n) is 17.3. The highest BCUT2D eigenvalue weighted by Crippen LogP contribution is 2.60. The topological polar surface area (TPSA) is 66.5 Å². The molecule has 2 aromatic rings. The van der Waals surface area contributed by atoms with E-state index >= 15 is 0 Å². The molecule has 0 radical (unpaired) electrons. The number of hydrogen-bond acceptors (Lipinski definition) is 3. The lowest BCUT2D eigenvalue weighted by molar-refractivity contribution is -0.140. The maximum absolute atomic E-state index is 13.4. The van der Waals surface area contributed by atoms with E-state index in [0.29, 0.717) is 12.5 Å². The third-order valence-corrected chi connectivity index (χ3v) is 6.81. The summed E-state index contributed by atoms with van der Waals surface area (Å²) in [6.07, 6.45) is 0.152.